The summed E-state index contributed by atoms with van der Waals surface area (Å²) in [6.07, 6.45) is 13.0. The van der Waals surface area contributed by atoms with Crippen LogP contribution in [0, 0.1) is 6.92 Å². The van der Waals surface area contributed by atoms with E-state index in [1.165, 1.54) is 32.0 Å². The molecule has 0 bridgehead atoms. The van der Waals surface area contributed by atoms with Gasteiger partial charge in [-0.1, -0.05) is 0 Å². The second-order valence-electron chi connectivity index (χ2n) is 8.22. The molecule has 1 aromatic rings. The molecule has 140 valence electrons. The molecule has 0 radical (unpaired) electrons. The van der Waals surface area contributed by atoms with Crippen molar-refractivity contribution in [3.63, 3.8) is 0 Å². The van der Waals surface area contributed by atoms with Crippen LogP contribution in [0.3, 0.4) is 0 Å². The van der Waals surface area contributed by atoms with Crippen molar-refractivity contribution in [2.24, 2.45) is 0 Å². The fraction of sp³-hybridized carbons (Fsp3) is 0.300. The molecule has 2 aliphatic carbocycles. The second-order valence-corrected chi connectivity index (χ2v) is 39.6. The minimum Gasteiger partial charge on any atom is -0.147 e. The monoisotopic (exact) mass is 564 g/mol. The number of benzene rings is 1. The standard InChI is InChI=1S/C13H10BrS.C5H5.2CH3.2ClH.H2Si.Zr/c1-7-3-9-5-12-11(6-13(14)15-12)8(2)10(9)4-7;1-2-4-5-3-1;;;;;;/h4-6,13H,1-2H3;1-3H,4H2;2*1H3;2*1H;1H2;. The molecule has 4 rings (SSSR count). The van der Waals surface area contributed by atoms with E-state index in [0.29, 0.717) is 4.16 Å². The number of fused-ring (bicyclic) bond motifs is 2. The number of hydrogen-bond donors (Lipinski definition) is 0. The summed E-state index contributed by atoms with van der Waals surface area (Å²) < 4.78 is 9.09. The first-order valence-electron chi connectivity index (χ1n) is 8.51. The van der Waals surface area contributed by atoms with Crippen LogP contribution in [0.4, 0.5) is 0 Å². The van der Waals surface area contributed by atoms with Gasteiger partial charge in [0.05, 0.1) is 0 Å². The Morgan fingerprint density at radius 1 is 1.23 bits per heavy atom. The van der Waals surface area contributed by atoms with Crippen molar-refractivity contribution in [1.82, 2.24) is 0 Å². The molecular weight excluding hydrogens is 542 g/mol. The number of halogens is 3. The van der Waals surface area contributed by atoms with Gasteiger partial charge >= 0.3 is 161 Å². The Hall–Kier alpha value is 0.690. The van der Waals surface area contributed by atoms with E-state index in [1.807, 2.05) is 11.8 Å². The molecule has 0 fully saturated rings. The Bertz CT molecular complexity index is 1080. The number of alkyl halides is 1. The van der Waals surface area contributed by atoms with E-state index in [0.717, 1.165) is 6.42 Å². The number of allylic oxidation sites excluding steroid dienone is 5. The molecule has 3 aliphatic rings. The van der Waals surface area contributed by atoms with Crippen LogP contribution in [0.15, 0.2) is 38.0 Å². The van der Waals surface area contributed by atoms with E-state index < -0.39 is 17.4 Å². The fourth-order valence-electron chi connectivity index (χ4n) is 4.57. The van der Waals surface area contributed by atoms with Gasteiger partial charge in [-0.15, -0.1) is 24.8 Å². The van der Waals surface area contributed by atoms with Gasteiger partial charge in [0.2, 0.25) is 0 Å². The first-order chi connectivity index (χ1) is 11.2. The van der Waals surface area contributed by atoms with Crippen LogP contribution < -0.4 is 10.4 Å². The third-order valence-electron chi connectivity index (χ3n) is 5.80. The SMILES string of the molecule is CC1=Cc2c(C)c3c(cc2=[C]1[Zr]([CH3])([CH3])(=[SiH2])[C]1=CC=CC1)SC(Br)C=3.Cl.Cl. The van der Waals surface area contributed by atoms with Crippen LogP contribution in [-0.4, -0.2) is 11.0 Å². The van der Waals surface area contributed by atoms with Crippen molar-refractivity contribution >= 4 is 74.8 Å². The molecule has 1 aliphatic heterocycles. The van der Waals surface area contributed by atoms with Crippen LogP contribution in [-0.2, 0) is 17.4 Å². The molecule has 0 spiro atoms. The third kappa shape index (κ3) is 3.42. The maximum Gasteiger partial charge on any atom is -0.147 e. The van der Waals surface area contributed by atoms with Crippen LogP contribution >= 0.6 is 52.5 Å². The van der Waals surface area contributed by atoms with Crippen molar-refractivity contribution in [3.05, 3.63) is 54.7 Å². The Morgan fingerprint density at radius 2 is 1.92 bits per heavy atom. The zero-order valence-corrected chi connectivity index (χ0v) is 23.5. The summed E-state index contributed by atoms with van der Waals surface area (Å²) in [6, 6.07) is 2.49. The van der Waals surface area contributed by atoms with Gasteiger partial charge < -0.3 is 0 Å². The Balaban J connectivity index is 0.00000121. The van der Waals surface area contributed by atoms with Gasteiger partial charge in [-0.05, 0) is 0 Å². The first kappa shape index (κ1) is 23.0. The minimum absolute atomic E-state index is 0. The van der Waals surface area contributed by atoms with E-state index in [-0.39, 0.29) is 24.8 Å². The van der Waals surface area contributed by atoms with Crippen molar-refractivity contribution in [1.29, 1.82) is 0 Å². The van der Waals surface area contributed by atoms with Gasteiger partial charge in [-0.25, -0.2) is 0 Å². The summed E-state index contributed by atoms with van der Waals surface area (Å²) in [6.45, 7) is 6.98. The van der Waals surface area contributed by atoms with E-state index in [1.54, 1.807) is 6.56 Å². The van der Waals surface area contributed by atoms with Gasteiger partial charge in [0.15, 0.2) is 0 Å². The van der Waals surface area contributed by atoms with Gasteiger partial charge in [0.25, 0.3) is 0 Å². The molecule has 1 heterocycles. The molecule has 1 aromatic carbocycles. The second kappa shape index (κ2) is 7.50. The molecule has 0 amide bonds. The summed E-state index contributed by atoms with van der Waals surface area (Å²) in [5.74, 6) is 0. The molecule has 0 saturated heterocycles. The number of rotatable bonds is 2. The summed E-state index contributed by atoms with van der Waals surface area (Å²) in [5.41, 5.74) is 4.44. The average Bonchev–Trinajstić information content (AvgIpc) is 3.16. The fourth-order valence-corrected chi connectivity index (χ4v) is 20.9. The molecular formula is C20H25BrCl2SSiZr. The van der Waals surface area contributed by atoms with Crippen molar-refractivity contribution in [2.75, 3.05) is 0 Å². The van der Waals surface area contributed by atoms with Crippen LogP contribution in [0.25, 0.3) is 15.4 Å². The number of thioether (sulfide) groups is 1. The first-order valence-corrected chi connectivity index (χ1v) is 23.6. The van der Waals surface area contributed by atoms with Crippen LogP contribution in [0.2, 0.25) is 9.26 Å². The van der Waals surface area contributed by atoms with E-state index in [4.69, 9.17) is 0 Å². The molecule has 1 atom stereocenters. The summed E-state index contributed by atoms with van der Waals surface area (Å²) >= 11 is 2.58. The molecule has 0 nitrogen and oxygen atoms in total. The van der Waals surface area contributed by atoms with E-state index in [9.17, 15) is 0 Å². The Kier molecular flexibility index (Phi) is 6.63. The average molecular weight is 568 g/mol. The molecule has 26 heavy (non-hydrogen) atoms. The van der Waals surface area contributed by atoms with Crippen molar-refractivity contribution in [3.8, 4) is 0 Å². The predicted molar refractivity (Wildman–Crippen MR) is 127 cm³/mol. The molecule has 0 aromatic heterocycles. The van der Waals surface area contributed by atoms with Gasteiger partial charge in [0, 0.05) is 0 Å². The smallest absolute Gasteiger partial charge is 0.147 e. The normalized spacial score (nSPS) is 20.5. The summed E-state index contributed by atoms with van der Waals surface area (Å²) in [7, 11) is 0. The van der Waals surface area contributed by atoms with Crippen LogP contribution in [0.5, 0.6) is 0 Å². The molecule has 0 saturated carbocycles. The quantitative estimate of drug-likeness (QED) is 0.352. The molecule has 0 N–H and O–H groups in total. The largest absolute Gasteiger partial charge is 0.147 e. The summed E-state index contributed by atoms with van der Waals surface area (Å²) in [5, 5.41) is 2.97. The third-order valence-corrected chi connectivity index (χ3v) is 23.9. The zero-order chi connectivity index (χ0) is 17.3. The maximum atomic E-state index is 3.76. The van der Waals surface area contributed by atoms with E-state index >= 15 is 0 Å². The zero-order valence-electron chi connectivity index (χ0n) is 15.6. The van der Waals surface area contributed by atoms with Crippen LogP contribution in [0.1, 0.15) is 24.5 Å². The molecule has 6 heteroatoms. The Morgan fingerprint density at radius 3 is 2.54 bits per heavy atom. The number of hydrogen-bond acceptors (Lipinski definition) is 1. The molecule has 1 unspecified atom stereocenters. The van der Waals surface area contributed by atoms with Crippen molar-refractivity contribution < 1.29 is 17.4 Å². The minimum atomic E-state index is -3.11. The van der Waals surface area contributed by atoms with Gasteiger partial charge in [-0.3, -0.25) is 0 Å². The van der Waals surface area contributed by atoms with Gasteiger partial charge in [-0.2, -0.15) is 0 Å². The topological polar surface area (TPSA) is 0 Å². The van der Waals surface area contributed by atoms with Crippen molar-refractivity contribution in [2.45, 2.75) is 38.6 Å². The van der Waals surface area contributed by atoms with Gasteiger partial charge in [0.1, 0.15) is 0 Å². The Labute approximate surface area is 183 Å². The maximum absolute atomic E-state index is 3.76. The predicted octanol–water partition coefficient (Wildman–Crippen LogP) is 5.15. The summed E-state index contributed by atoms with van der Waals surface area (Å²) in [4.78, 5) is 1.45. The van der Waals surface area contributed by atoms with E-state index in [2.05, 4.69) is 82.4 Å².